The van der Waals surface area contributed by atoms with Crippen LogP contribution in [0.1, 0.15) is 10.5 Å². The fourth-order valence-corrected chi connectivity index (χ4v) is 1.23. The maximum atomic E-state index is 11.6. The van der Waals surface area contributed by atoms with Crippen molar-refractivity contribution >= 4 is 11.7 Å². The van der Waals surface area contributed by atoms with Gasteiger partial charge in [0.2, 0.25) is 0 Å². The van der Waals surface area contributed by atoms with Crippen LogP contribution in [-0.4, -0.2) is 20.9 Å². The van der Waals surface area contributed by atoms with E-state index in [1.54, 1.807) is 0 Å². The largest absolute Gasteiger partial charge is 0.422 e. The van der Waals surface area contributed by atoms with E-state index < -0.39 is 10.9 Å². The van der Waals surface area contributed by atoms with Crippen molar-refractivity contribution in [2.45, 2.75) is 0 Å². The van der Waals surface area contributed by atoms with Gasteiger partial charge >= 0.3 is 5.97 Å². The molecule has 0 aliphatic heterocycles. The van der Waals surface area contributed by atoms with E-state index in [-0.39, 0.29) is 17.1 Å². The van der Waals surface area contributed by atoms with Gasteiger partial charge in [0.15, 0.2) is 5.69 Å². The molecule has 0 spiro atoms. The molecule has 0 saturated heterocycles. The molecule has 0 saturated carbocycles. The van der Waals surface area contributed by atoms with Crippen molar-refractivity contribution in [2.24, 2.45) is 0 Å². The van der Waals surface area contributed by atoms with Crippen molar-refractivity contribution in [3.63, 3.8) is 0 Å². The Balaban J connectivity index is 2.17. The quantitative estimate of drug-likeness (QED) is 0.352. The molecule has 0 radical (unpaired) electrons. The van der Waals surface area contributed by atoms with Crippen molar-refractivity contribution in [3.05, 3.63) is 58.7 Å². The fourth-order valence-electron chi connectivity index (χ4n) is 1.23. The first-order chi connectivity index (χ1) is 8.66. The molecule has 1 aromatic heterocycles. The van der Waals surface area contributed by atoms with E-state index in [9.17, 15) is 14.9 Å². The zero-order valence-corrected chi connectivity index (χ0v) is 9.02. The molecule has 0 N–H and O–H groups in total. The molecule has 18 heavy (non-hydrogen) atoms. The summed E-state index contributed by atoms with van der Waals surface area (Å²) in [6, 6.07) is 6.74. The second-order valence-corrected chi connectivity index (χ2v) is 3.24. The average molecular weight is 245 g/mol. The molecule has 0 unspecified atom stereocenters. The van der Waals surface area contributed by atoms with Crippen LogP contribution in [0.3, 0.4) is 0 Å². The summed E-state index contributed by atoms with van der Waals surface area (Å²) in [6.07, 6.45) is 2.61. The van der Waals surface area contributed by atoms with Gasteiger partial charge in [-0.1, -0.05) is 6.07 Å². The van der Waals surface area contributed by atoms with E-state index in [4.69, 9.17) is 4.74 Å². The number of hydrogen-bond donors (Lipinski definition) is 0. The number of non-ortho nitro benzene ring substituents is 1. The number of carbonyl (C=O) groups excluding carboxylic acids is 1. The molecular formula is C11H7N3O4. The number of rotatable bonds is 3. The molecule has 1 aromatic carbocycles. The number of esters is 1. The Bertz CT molecular complexity index is 586. The van der Waals surface area contributed by atoms with Gasteiger partial charge in [0.25, 0.3) is 5.69 Å². The van der Waals surface area contributed by atoms with Crippen molar-refractivity contribution in [3.8, 4) is 5.75 Å². The summed E-state index contributed by atoms with van der Waals surface area (Å²) in [4.78, 5) is 29.0. The Morgan fingerprint density at radius 3 is 2.83 bits per heavy atom. The van der Waals surface area contributed by atoms with Crippen LogP contribution >= 0.6 is 0 Å². The molecule has 0 amide bonds. The highest BCUT2D eigenvalue weighted by molar-refractivity contribution is 5.88. The first-order valence-corrected chi connectivity index (χ1v) is 4.89. The number of nitrogens with zero attached hydrogens (tertiary/aromatic N) is 3. The van der Waals surface area contributed by atoms with Crippen LogP contribution in [0.25, 0.3) is 0 Å². The Labute approximate surface area is 101 Å². The summed E-state index contributed by atoms with van der Waals surface area (Å²) in [6.45, 7) is 0. The number of hydrogen-bond acceptors (Lipinski definition) is 6. The van der Waals surface area contributed by atoms with Crippen LogP contribution in [0.4, 0.5) is 5.69 Å². The number of ether oxygens (including phenoxy) is 1. The second kappa shape index (κ2) is 5.00. The summed E-state index contributed by atoms with van der Waals surface area (Å²) < 4.78 is 4.96. The third kappa shape index (κ3) is 2.64. The number of aromatic nitrogens is 2. The van der Waals surface area contributed by atoms with Gasteiger partial charge in [-0.3, -0.25) is 10.1 Å². The lowest BCUT2D eigenvalue weighted by Gasteiger charge is -2.02. The molecule has 0 atom stereocenters. The third-order valence-electron chi connectivity index (χ3n) is 2.03. The van der Waals surface area contributed by atoms with Gasteiger partial charge in [-0.15, -0.1) is 0 Å². The predicted octanol–water partition coefficient (Wildman–Crippen LogP) is 1.60. The van der Waals surface area contributed by atoms with Crippen LogP contribution in [0, 0.1) is 10.1 Å². The smallest absolute Gasteiger partial charge is 0.362 e. The lowest BCUT2D eigenvalue weighted by atomic mass is 10.3. The Morgan fingerprint density at radius 2 is 2.17 bits per heavy atom. The summed E-state index contributed by atoms with van der Waals surface area (Å²) in [5, 5.41) is 10.6. The molecule has 2 rings (SSSR count). The summed E-state index contributed by atoms with van der Waals surface area (Å²) in [5.74, 6) is -0.606. The van der Waals surface area contributed by atoms with Crippen molar-refractivity contribution in [1.29, 1.82) is 0 Å². The number of carbonyl (C=O) groups is 1. The van der Waals surface area contributed by atoms with E-state index in [0.29, 0.717) is 0 Å². The molecule has 7 nitrogen and oxygen atoms in total. The van der Waals surface area contributed by atoms with Crippen LogP contribution < -0.4 is 4.74 Å². The average Bonchev–Trinajstić information content (AvgIpc) is 2.40. The maximum absolute atomic E-state index is 11.6. The number of nitro benzene ring substituents is 1. The lowest BCUT2D eigenvalue weighted by molar-refractivity contribution is -0.384. The zero-order valence-electron chi connectivity index (χ0n) is 9.02. The molecule has 0 bridgehead atoms. The molecule has 1 heterocycles. The lowest BCUT2D eigenvalue weighted by Crippen LogP contribution is -2.10. The topological polar surface area (TPSA) is 95.2 Å². The zero-order chi connectivity index (χ0) is 13.0. The van der Waals surface area contributed by atoms with Crippen molar-refractivity contribution in [2.75, 3.05) is 0 Å². The van der Waals surface area contributed by atoms with E-state index in [2.05, 4.69) is 9.97 Å². The maximum Gasteiger partial charge on any atom is 0.362 e. The predicted molar refractivity (Wildman–Crippen MR) is 60.1 cm³/mol. The standard InChI is InChI=1S/C11H7N3O4/c15-11(10-4-5-12-7-13-10)18-9-3-1-2-8(6-9)14(16)17/h1-7H. The van der Waals surface area contributed by atoms with E-state index >= 15 is 0 Å². The first-order valence-electron chi connectivity index (χ1n) is 4.89. The Kier molecular flexibility index (Phi) is 3.24. The fraction of sp³-hybridized carbons (Fsp3) is 0. The van der Waals surface area contributed by atoms with Gasteiger partial charge in [0.05, 0.1) is 11.0 Å². The van der Waals surface area contributed by atoms with Crippen LogP contribution in [0.15, 0.2) is 42.9 Å². The first kappa shape index (κ1) is 11.6. The van der Waals surface area contributed by atoms with E-state index in [1.807, 2.05) is 0 Å². The minimum Gasteiger partial charge on any atom is -0.422 e. The SMILES string of the molecule is O=C(Oc1cccc([N+](=O)[O-])c1)c1ccncn1. The van der Waals surface area contributed by atoms with Gasteiger partial charge in [-0.2, -0.15) is 0 Å². The molecule has 0 fully saturated rings. The third-order valence-corrected chi connectivity index (χ3v) is 2.03. The number of nitro groups is 1. The normalized spacial score (nSPS) is 9.78. The van der Waals surface area contributed by atoms with Gasteiger partial charge in [0, 0.05) is 12.3 Å². The van der Waals surface area contributed by atoms with Crippen LogP contribution in [0.2, 0.25) is 0 Å². The van der Waals surface area contributed by atoms with Crippen LogP contribution in [-0.2, 0) is 0 Å². The van der Waals surface area contributed by atoms with Crippen LogP contribution in [0.5, 0.6) is 5.75 Å². The Morgan fingerprint density at radius 1 is 1.33 bits per heavy atom. The summed E-state index contributed by atoms with van der Waals surface area (Å²) >= 11 is 0. The monoisotopic (exact) mass is 245 g/mol. The molecule has 0 aliphatic rings. The van der Waals surface area contributed by atoms with Gasteiger partial charge in [-0.25, -0.2) is 14.8 Å². The Hall–Kier alpha value is -2.83. The summed E-state index contributed by atoms with van der Waals surface area (Å²) in [7, 11) is 0. The van der Waals surface area contributed by atoms with E-state index in [0.717, 1.165) is 0 Å². The minimum atomic E-state index is -0.696. The van der Waals surface area contributed by atoms with Crippen molar-refractivity contribution in [1.82, 2.24) is 9.97 Å². The molecule has 7 heteroatoms. The minimum absolute atomic E-state index is 0.0801. The van der Waals surface area contributed by atoms with Gasteiger partial charge in [-0.05, 0) is 12.1 Å². The highest BCUT2D eigenvalue weighted by atomic mass is 16.6. The molecular weight excluding hydrogens is 238 g/mol. The van der Waals surface area contributed by atoms with E-state index in [1.165, 1.54) is 42.9 Å². The number of benzene rings is 1. The highest BCUT2D eigenvalue weighted by Crippen LogP contribution is 2.19. The van der Waals surface area contributed by atoms with Gasteiger partial charge < -0.3 is 4.74 Å². The highest BCUT2D eigenvalue weighted by Gasteiger charge is 2.12. The molecule has 90 valence electrons. The molecule has 0 aliphatic carbocycles. The molecule has 2 aromatic rings. The van der Waals surface area contributed by atoms with Crippen molar-refractivity contribution < 1.29 is 14.5 Å². The summed E-state index contributed by atoms with van der Waals surface area (Å²) in [5.41, 5.74) is -0.0699. The van der Waals surface area contributed by atoms with Gasteiger partial charge in [0.1, 0.15) is 12.1 Å². The second-order valence-electron chi connectivity index (χ2n) is 3.24.